The number of nitrogens with zero attached hydrogens (tertiary/aromatic N) is 1. The Morgan fingerprint density at radius 2 is 2.09 bits per heavy atom. The van der Waals surface area contributed by atoms with Crippen LogP contribution in [0.1, 0.15) is 28.9 Å². The second kappa shape index (κ2) is 5.63. The van der Waals surface area contributed by atoms with Crippen LogP contribution in [0.4, 0.5) is 0 Å². The Bertz CT molecular complexity index is 703. The van der Waals surface area contributed by atoms with Gasteiger partial charge in [0.05, 0.1) is 23.4 Å². The fourth-order valence-electron chi connectivity index (χ4n) is 2.56. The lowest BCUT2D eigenvalue weighted by Crippen LogP contribution is -2.46. The first-order valence-electron chi connectivity index (χ1n) is 7.10. The van der Waals surface area contributed by atoms with Crippen molar-refractivity contribution in [2.45, 2.75) is 25.8 Å². The number of rotatable bonds is 4. The summed E-state index contributed by atoms with van der Waals surface area (Å²) in [4.78, 5) is 27.4. The first kappa shape index (κ1) is 14.3. The molecule has 2 aromatic rings. The molecular formula is C16H16N2O4. The molecule has 22 heavy (non-hydrogen) atoms. The fraction of sp³-hybridized carbons (Fsp3) is 0.312. The van der Waals surface area contributed by atoms with Crippen molar-refractivity contribution in [2.75, 3.05) is 0 Å². The van der Waals surface area contributed by atoms with Crippen molar-refractivity contribution in [2.24, 2.45) is 5.92 Å². The van der Waals surface area contributed by atoms with E-state index in [0.29, 0.717) is 35.6 Å². The molecular weight excluding hydrogens is 284 g/mol. The van der Waals surface area contributed by atoms with Crippen LogP contribution in [0, 0.1) is 12.8 Å². The average molecular weight is 300 g/mol. The van der Waals surface area contributed by atoms with E-state index in [1.165, 1.54) is 0 Å². The van der Waals surface area contributed by atoms with E-state index in [1.807, 2.05) is 6.07 Å². The van der Waals surface area contributed by atoms with Gasteiger partial charge in [-0.05, 0) is 44.0 Å². The zero-order valence-electron chi connectivity index (χ0n) is 12.1. The standard InChI is InChI=1S/C16H16N2O4/c1-9-12(4-5-13(17-9)14-3-2-6-22-14)15(19)18-11-7-10(8-11)16(20)21/h2-6,10-11H,7-8H2,1H3,(H,18,19)(H,20,21). The van der Waals surface area contributed by atoms with E-state index in [0.717, 1.165) is 0 Å². The molecule has 2 aromatic heterocycles. The van der Waals surface area contributed by atoms with Crippen molar-refractivity contribution in [3.8, 4) is 11.5 Å². The van der Waals surface area contributed by atoms with Crippen molar-refractivity contribution >= 4 is 11.9 Å². The second-order valence-corrected chi connectivity index (χ2v) is 5.48. The minimum absolute atomic E-state index is 0.0715. The van der Waals surface area contributed by atoms with E-state index in [1.54, 1.807) is 31.4 Å². The Kier molecular flexibility index (Phi) is 3.66. The van der Waals surface area contributed by atoms with Crippen LogP contribution in [0.15, 0.2) is 34.9 Å². The minimum atomic E-state index is -0.800. The number of aromatic nitrogens is 1. The summed E-state index contributed by atoms with van der Waals surface area (Å²) in [5.41, 5.74) is 1.78. The number of pyridine rings is 1. The van der Waals surface area contributed by atoms with Gasteiger partial charge in [-0.2, -0.15) is 0 Å². The van der Waals surface area contributed by atoms with Gasteiger partial charge in [-0.1, -0.05) is 0 Å². The third-order valence-corrected chi connectivity index (χ3v) is 3.93. The molecule has 2 heterocycles. The smallest absolute Gasteiger partial charge is 0.306 e. The summed E-state index contributed by atoms with van der Waals surface area (Å²) in [5.74, 6) is -0.708. The summed E-state index contributed by atoms with van der Waals surface area (Å²) < 4.78 is 5.28. The number of carboxylic acid groups (broad SMARTS) is 1. The van der Waals surface area contributed by atoms with Crippen molar-refractivity contribution in [3.63, 3.8) is 0 Å². The molecule has 0 unspecified atom stereocenters. The van der Waals surface area contributed by atoms with Crippen molar-refractivity contribution < 1.29 is 19.1 Å². The number of nitrogens with one attached hydrogen (secondary N) is 1. The van der Waals surface area contributed by atoms with Crippen LogP contribution >= 0.6 is 0 Å². The summed E-state index contributed by atoms with van der Waals surface area (Å²) in [5, 5.41) is 11.7. The number of carboxylic acids is 1. The number of furan rings is 1. The zero-order valence-corrected chi connectivity index (χ0v) is 12.1. The molecule has 0 atom stereocenters. The number of hydrogen-bond acceptors (Lipinski definition) is 4. The van der Waals surface area contributed by atoms with Crippen molar-refractivity contribution in [1.82, 2.24) is 10.3 Å². The molecule has 1 fully saturated rings. The molecule has 0 aromatic carbocycles. The van der Waals surface area contributed by atoms with Gasteiger partial charge in [0.1, 0.15) is 5.69 Å². The molecule has 2 N–H and O–H groups in total. The quantitative estimate of drug-likeness (QED) is 0.903. The average Bonchev–Trinajstić information content (AvgIpc) is 2.95. The summed E-state index contributed by atoms with van der Waals surface area (Å²) in [7, 11) is 0. The summed E-state index contributed by atoms with van der Waals surface area (Å²) >= 11 is 0. The Balaban J connectivity index is 1.67. The molecule has 6 nitrogen and oxygen atoms in total. The first-order chi connectivity index (χ1) is 10.5. The number of amides is 1. The molecule has 0 radical (unpaired) electrons. The Morgan fingerprint density at radius 1 is 1.32 bits per heavy atom. The number of hydrogen-bond donors (Lipinski definition) is 2. The van der Waals surface area contributed by atoms with Crippen LogP contribution in [0.5, 0.6) is 0 Å². The van der Waals surface area contributed by atoms with Crippen molar-refractivity contribution in [1.29, 1.82) is 0 Å². The zero-order chi connectivity index (χ0) is 15.7. The van der Waals surface area contributed by atoms with Gasteiger partial charge in [0.15, 0.2) is 5.76 Å². The van der Waals surface area contributed by atoms with Crippen LogP contribution in [0.2, 0.25) is 0 Å². The first-order valence-corrected chi connectivity index (χ1v) is 7.10. The summed E-state index contributed by atoms with van der Waals surface area (Å²) in [6, 6.07) is 6.96. The molecule has 3 rings (SSSR count). The van der Waals surface area contributed by atoms with Gasteiger partial charge in [0, 0.05) is 6.04 Å². The predicted molar refractivity (Wildman–Crippen MR) is 78.3 cm³/mol. The molecule has 1 aliphatic carbocycles. The van der Waals surface area contributed by atoms with Gasteiger partial charge in [0.25, 0.3) is 5.91 Å². The highest BCUT2D eigenvalue weighted by molar-refractivity contribution is 5.95. The van der Waals surface area contributed by atoms with Crippen LogP contribution < -0.4 is 5.32 Å². The molecule has 1 saturated carbocycles. The molecule has 1 amide bonds. The monoisotopic (exact) mass is 300 g/mol. The highest BCUT2D eigenvalue weighted by Gasteiger charge is 2.35. The van der Waals surface area contributed by atoms with E-state index >= 15 is 0 Å². The van der Waals surface area contributed by atoms with Gasteiger partial charge in [-0.25, -0.2) is 4.98 Å². The summed E-state index contributed by atoms with van der Waals surface area (Å²) in [6.07, 6.45) is 2.54. The normalized spacial score (nSPS) is 20.2. The van der Waals surface area contributed by atoms with E-state index in [2.05, 4.69) is 10.3 Å². The SMILES string of the molecule is Cc1nc(-c2ccco2)ccc1C(=O)NC1CC(C(=O)O)C1. The molecule has 114 valence electrons. The van der Waals surface area contributed by atoms with E-state index in [4.69, 9.17) is 9.52 Å². The van der Waals surface area contributed by atoms with E-state index in [-0.39, 0.29) is 17.9 Å². The van der Waals surface area contributed by atoms with Gasteiger partial charge < -0.3 is 14.8 Å². The molecule has 1 aliphatic rings. The molecule has 0 bridgehead atoms. The highest BCUT2D eigenvalue weighted by atomic mass is 16.4. The maximum Gasteiger partial charge on any atom is 0.306 e. The lowest BCUT2D eigenvalue weighted by atomic mass is 9.80. The van der Waals surface area contributed by atoms with Crippen LogP contribution in [-0.2, 0) is 4.79 Å². The Morgan fingerprint density at radius 3 is 2.68 bits per heavy atom. The van der Waals surface area contributed by atoms with Crippen LogP contribution in [0.25, 0.3) is 11.5 Å². The maximum atomic E-state index is 12.2. The van der Waals surface area contributed by atoms with Gasteiger partial charge in [0.2, 0.25) is 0 Å². The number of aliphatic carboxylic acids is 1. The molecule has 6 heteroatoms. The largest absolute Gasteiger partial charge is 0.481 e. The number of aryl methyl sites for hydroxylation is 1. The number of carbonyl (C=O) groups is 2. The number of carbonyl (C=O) groups excluding carboxylic acids is 1. The fourth-order valence-corrected chi connectivity index (χ4v) is 2.56. The van der Waals surface area contributed by atoms with Crippen LogP contribution in [0.3, 0.4) is 0 Å². The topological polar surface area (TPSA) is 92.4 Å². The molecule has 0 aliphatic heterocycles. The predicted octanol–water partition coefficient (Wildman–Crippen LogP) is 2.24. The minimum Gasteiger partial charge on any atom is -0.481 e. The lowest BCUT2D eigenvalue weighted by molar-refractivity contribution is -0.145. The highest BCUT2D eigenvalue weighted by Crippen LogP contribution is 2.28. The summed E-state index contributed by atoms with van der Waals surface area (Å²) in [6.45, 7) is 1.77. The van der Waals surface area contributed by atoms with Crippen molar-refractivity contribution in [3.05, 3.63) is 41.8 Å². The lowest BCUT2D eigenvalue weighted by Gasteiger charge is -2.32. The van der Waals surface area contributed by atoms with Crippen LogP contribution in [-0.4, -0.2) is 28.0 Å². The molecule has 0 spiro atoms. The van der Waals surface area contributed by atoms with Gasteiger partial charge in [-0.3, -0.25) is 9.59 Å². The second-order valence-electron chi connectivity index (χ2n) is 5.48. The molecule has 0 saturated heterocycles. The Hall–Kier alpha value is -2.63. The van der Waals surface area contributed by atoms with Gasteiger partial charge >= 0.3 is 5.97 Å². The Labute approximate surface area is 127 Å². The van der Waals surface area contributed by atoms with E-state index in [9.17, 15) is 9.59 Å². The van der Waals surface area contributed by atoms with E-state index < -0.39 is 5.97 Å². The third kappa shape index (κ3) is 2.72. The third-order valence-electron chi connectivity index (χ3n) is 3.93. The maximum absolute atomic E-state index is 12.2. The van der Waals surface area contributed by atoms with Gasteiger partial charge in [-0.15, -0.1) is 0 Å².